The molecule has 1 rings (SSSR count). The minimum atomic E-state index is -1.93. The maximum absolute atomic E-state index is 11.5. The number of aliphatic hydroxyl groups is 1. The zero-order chi connectivity index (χ0) is 13.8. The van der Waals surface area contributed by atoms with Crippen molar-refractivity contribution in [2.75, 3.05) is 6.54 Å². The molecule has 100 valence electrons. The molecular formula is C11H14BrNO4S. The van der Waals surface area contributed by atoms with Gasteiger partial charge in [-0.1, -0.05) is 0 Å². The maximum Gasteiger partial charge on any atom is 0.337 e. The highest BCUT2D eigenvalue weighted by molar-refractivity contribution is 9.10. The number of hydrogen-bond acceptors (Lipinski definition) is 4. The Balaban J connectivity index is 2.32. The molecular weight excluding hydrogens is 322 g/mol. The fourth-order valence-corrected chi connectivity index (χ4v) is 2.61. The van der Waals surface area contributed by atoms with E-state index in [4.69, 9.17) is 5.11 Å². The second-order valence-electron chi connectivity index (χ2n) is 4.09. The minimum absolute atomic E-state index is 0.267. The van der Waals surface area contributed by atoms with Gasteiger partial charge in [0.05, 0.1) is 6.54 Å². The molecule has 1 amide bonds. The molecule has 0 fully saturated rings. The van der Waals surface area contributed by atoms with Gasteiger partial charge in [0.15, 0.2) is 5.60 Å². The Morgan fingerprint density at radius 2 is 2.22 bits per heavy atom. The Labute approximate surface area is 117 Å². The largest absolute Gasteiger partial charge is 0.479 e. The Morgan fingerprint density at radius 3 is 2.72 bits per heavy atom. The van der Waals surface area contributed by atoms with Crippen molar-refractivity contribution in [2.24, 2.45) is 0 Å². The van der Waals surface area contributed by atoms with Gasteiger partial charge in [0, 0.05) is 21.2 Å². The number of amides is 1. The molecule has 0 aromatic carbocycles. The van der Waals surface area contributed by atoms with Gasteiger partial charge in [0.1, 0.15) is 0 Å². The van der Waals surface area contributed by atoms with E-state index in [9.17, 15) is 14.7 Å². The lowest BCUT2D eigenvalue weighted by molar-refractivity contribution is -0.156. The van der Waals surface area contributed by atoms with E-state index in [0.29, 0.717) is 6.42 Å². The summed E-state index contributed by atoms with van der Waals surface area (Å²) in [6, 6.07) is 1.94. The first kappa shape index (κ1) is 15.1. The van der Waals surface area contributed by atoms with Gasteiger partial charge in [0.25, 0.3) is 0 Å². The van der Waals surface area contributed by atoms with Gasteiger partial charge in [0.2, 0.25) is 5.91 Å². The van der Waals surface area contributed by atoms with Crippen LogP contribution in [0.4, 0.5) is 0 Å². The number of carbonyl (C=O) groups is 2. The Morgan fingerprint density at radius 1 is 1.56 bits per heavy atom. The number of aryl methyl sites for hydroxylation is 1. The molecule has 0 spiro atoms. The van der Waals surface area contributed by atoms with Crippen LogP contribution in [-0.2, 0) is 16.0 Å². The number of carbonyl (C=O) groups excluding carboxylic acids is 1. The molecule has 5 nitrogen and oxygen atoms in total. The van der Waals surface area contributed by atoms with Crippen LogP contribution in [0.3, 0.4) is 0 Å². The van der Waals surface area contributed by atoms with Crippen LogP contribution in [0, 0.1) is 0 Å². The molecule has 1 atom stereocenters. The molecule has 1 unspecified atom stereocenters. The van der Waals surface area contributed by atoms with E-state index in [1.165, 1.54) is 0 Å². The van der Waals surface area contributed by atoms with Crippen molar-refractivity contribution >= 4 is 39.1 Å². The summed E-state index contributed by atoms with van der Waals surface area (Å²) in [6.07, 6.45) is 0.861. The number of rotatable bonds is 6. The predicted molar refractivity (Wildman–Crippen MR) is 71.6 cm³/mol. The summed E-state index contributed by atoms with van der Waals surface area (Å²) in [5.74, 6) is -1.63. The summed E-state index contributed by atoms with van der Waals surface area (Å²) >= 11 is 4.87. The Kier molecular flexibility index (Phi) is 5.30. The summed E-state index contributed by atoms with van der Waals surface area (Å²) in [5, 5.41) is 22.4. The summed E-state index contributed by atoms with van der Waals surface area (Å²) in [6.45, 7) is 0.849. The normalized spacial score (nSPS) is 13.9. The van der Waals surface area contributed by atoms with E-state index in [1.54, 1.807) is 11.3 Å². The Bertz CT molecular complexity index is 444. The molecule has 0 aliphatic heterocycles. The van der Waals surface area contributed by atoms with Crippen molar-refractivity contribution in [3.63, 3.8) is 0 Å². The van der Waals surface area contributed by atoms with Crippen LogP contribution < -0.4 is 5.32 Å². The third kappa shape index (κ3) is 4.75. The average molecular weight is 336 g/mol. The fourth-order valence-electron chi connectivity index (χ4n) is 1.16. The molecule has 0 aliphatic rings. The van der Waals surface area contributed by atoms with Gasteiger partial charge in [-0.2, -0.15) is 0 Å². The second-order valence-corrected chi connectivity index (χ2v) is 6.00. The van der Waals surface area contributed by atoms with Crippen molar-refractivity contribution in [3.05, 3.63) is 20.8 Å². The smallest absolute Gasteiger partial charge is 0.337 e. The van der Waals surface area contributed by atoms with Crippen LogP contribution in [0.15, 0.2) is 15.9 Å². The number of carboxylic acids is 1. The van der Waals surface area contributed by atoms with Crippen molar-refractivity contribution in [2.45, 2.75) is 25.4 Å². The van der Waals surface area contributed by atoms with Gasteiger partial charge >= 0.3 is 5.97 Å². The van der Waals surface area contributed by atoms with Crippen LogP contribution in [0.1, 0.15) is 18.2 Å². The van der Waals surface area contributed by atoms with E-state index in [2.05, 4.69) is 21.2 Å². The maximum atomic E-state index is 11.5. The van der Waals surface area contributed by atoms with Crippen molar-refractivity contribution in [1.82, 2.24) is 5.32 Å². The topological polar surface area (TPSA) is 86.6 Å². The number of halogens is 1. The summed E-state index contributed by atoms with van der Waals surface area (Å²) in [5.41, 5.74) is -1.93. The third-order valence-corrected chi connectivity index (χ3v) is 4.07. The zero-order valence-electron chi connectivity index (χ0n) is 9.77. The van der Waals surface area contributed by atoms with Crippen LogP contribution in [0.5, 0.6) is 0 Å². The highest BCUT2D eigenvalue weighted by Gasteiger charge is 2.30. The molecule has 0 radical (unpaired) electrons. The number of carboxylic acid groups (broad SMARTS) is 1. The van der Waals surface area contributed by atoms with E-state index >= 15 is 0 Å². The van der Waals surface area contributed by atoms with Crippen molar-refractivity contribution in [3.8, 4) is 0 Å². The molecule has 0 saturated heterocycles. The van der Waals surface area contributed by atoms with Crippen LogP contribution in [0.25, 0.3) is 0 Å². The van der Waals surface area contributed by atoms with E-state index < -0.39 is 11.6 Å². The molecule has 1 heterocycles. The quantitative estimate of drug-likeness (QED) is 0.733. The number of nitrogens with one attached hydrogen (secondary N) is 1. The second kappa shape index (κ2) is 6.31. The first-order valence-corrected chi connectivity index (χ1v) is 6.94. The van der Waals surface area contributed by atoms with E-state index in [1.807, 2.05) is 11.4 Å². The van der Waals surface area contributed by atoms with Gasteiger partial charge < -0.3 is 15.5 Å². The number of thiophene rings is 1. The van der Waals surface area contributed by atoms with Gasteiger partial charge in [-0.25, -0.2) is 4.79 Å². The lowest BCUT2D eigenvalue weighted by Gasteiger charge is -2.18. The predicted octanol–water partition coefficient (Wildman–Crippen LogP) is 1.40. The highest BCUT2D eigenvalue weighted by atomic mass is 79.9. The van der Waals surface area contributed by atoms with Crippen LogP contribution in [-0.4, -0.2) is 34.2 Å². The number of aliphatic carboxylic acids is 1. The molecule has 0 saturated carbocycles. The fraction of sp³-hybridized carbons (Fsp3) is 0.455. The monoisotopic (exact) mass is 335 g/mol. The first-order valence-electron chi connectivity index (χ1n) is 5.26. The Hall–Kier alpha value is -0.920. The summed E-state index contributed by atoms with van der Waals surface area (Å²) in [7, 11) is 0. The summed E-state index contributed by atoms with van der Waals surface area (Å²) < 4.78 is 0.983. The molecule has 1 aromatic heterocycles. The molecule has 1 aromatic rings. The minimum Gasteiger partial charge on any atom is -0.479 e. The molecule has 0 bridgehead atoms. The summed E-state index contributed by atoms with van der Waals surface area (Å²) in [4.78, 5) is 23.2. The SMILES string of the molecule is CC(O)(CNC(=O)CCc1cc(Br)cs1)C(=O)O. The van der Waals surface area contributed by atoms with Crippen LogP contribution in [0.2, 0.25) is 0 Å². The molecule has 7 heteroatoms. The highest BCUT2D eigenvalue weighted by Crippen LogP contribution is 2.20. The van der Waals surface area contributed by atoms with Gasteiger partial charge in [-0.3, -0.25) is 4.79 Å². The third-order valence-electron chi connectivity index (χ3n) is 2.31. The first-order chi connectivity index (χ1) is 8.31. The standard InChI is InChI=1S/C11H14BrNO4S/c1-11(17,10(15)16)6-13-9(14)3-2-8-4-7(12)5-18-8/h4-5,17H,2-3,6H2,1H3,(H,13,14)(H,15,16). The lowest BCUT2D eigenvalue weighted by atomic mass is 10.1. The van der Waals surface area contributed by atoms with Crippen molar-refractivity contribution < 1.29 is 19.8 Å². The molecule has 3 N–H and O–H groups in total. The molecule has 18 heavy (non-hydrogen) atoms. The van der Waals surface area contributed by atoms with Crippen molar-refractivity contribution in [1.29, 1.82) is 0 Å². The van der Waals surface area contributed by atoms with Gasteiger partial charge in [-0.15, -0.1) is 11.3 Å². The van der Waals surface area contributed by atoms with Crippen LogP contribution >= 0.6 is 27.3 Å². The molecule has 0 aliphatic carbocycles. The lowest BCUT2D eigenvalue weighted by Crippen LogP contribution is -2.46. The average Bonchev–Trinajstić information content (AvgIpc) is 2.69. The van der Waals surface area contributed by atoms with Gasteiger partial charge in [-0.05, 0) is 35.3 Å². The van der Waals surface area contributed by atoms with E-state index in [-0.39, 0.29) is 18.9 Å². The number of hydrogen-bond donors (Lipinski definition) is 3. The zero-order valence-corrected chi connectivity index (χ0v) is 12.2. The van der Waals surface area contributed by atoms with E-state index in [0.717, 1.165) is 16.3 Å².